The van der Waals surface area contributed by atoms with Crippen molar-refractivity contribution in [2.75, 3.05) is 31.6 Å². The second-order valence-electron chi connectivity index (χ2n) is 12.4. The van der Waals surface area contributed by atoms with Gasteiger partial charge in [-0.25, -0.2) is 14.0 Å². The van der Waals surface area contributed by atoms with Crippen molar-refractivity contribution in [1.29, 1.82) is 0 Å². The predicted octanol–water partition coefficient (Wildman–Crippen LogP) is 7.75. The maximum Gasteiger partial charge on any atom is 0.415 e. The number of fused-ring (bicyclic) bond motifs is 3. The molecule has 0 aliphatic carbocycles. The molecule has 4 aromatic rings. The highest BCUT2D eigenvalue weighted by atomic mass is 35.5. The number of hydrogen-bond donors (Lipinski definition) is 0. The summed E-state index contributed by atoms with van der Waals surface area (Å²) in [5.41, 5.74) is 0.636. The lowest BCUT2D eigenvalue weighted by atomic mass is 9.86. The third-order valence-electron chi connectivity index (χ3n) is 9.08. The molecule has 274 valence electrons. The Balaban J connectivity index is 1.29. The first kappa shape index (κ1) is 33.1. The Hall–Kier alpha value is -4.72. The van der Waals surface area contributed by atoms with Crippen molar-refractivity contribution in [1.82, 2.24) is 4.90 Å². The van der Waals surface area contributed by atoms with Crippen LogP contribution in [-0.4, -0.2) is 56.4 Å². The zero-order valence-corrected chi connectivity index (χ0v) is 28.9. The van der Waals surface area contributed by atoms with Crippen molar-refractivity contribution in [3.8, 4) is 11.5 Å². The van der Waals surface area contributed by atoms with Gasteiger partial charge in [-0.05, 0) is 79.4 Å². The number of ether oxygens (including phenoxy) is 4. The highest BCUT2D eigenvalue weighted by Gasteiger charge is 2.38. The number of carbonyl (C=O) groups is 2. The maximum absolute atomic E-state index is 15.2. The molecule has 0 N–H and O–H groups in total. The Morgan fingerprint density at radius 1 is 1.04 bits per heavy atom. The van der Waals surface area contributed by atoms with Crippen molar-refractivity contribution in [3.05, 3.63) is 122 Å². The van der Waals surface area contributed by atoms with Crippen molar-refractivity contribution >= 4 is 41.0 Å². The fourth-order valence-corrected chi connectivity index (χ4v) is 7.07. The van der Waals surface area contributed by atoms with E-state index in [0.29, 0.717) is 16.8 Å². The van der Waals surface area contributed by atoms with E-state index in [1.54, 1.807) is 12.1 Å². The SMILES string of the molecule is [2H]C([2H])([2H])Oc1cc([C@H](Cc2c(Cl)c[n+]([O-])cc2Cl)OC(=O)c2cccc(CN(C(=O)O[C@H]3CN4CCC3CC4)c3ccccc3F)c2)ccc1OC(F)F. The summed E-state index contributed by atoms with van der Waals surface area (Å²) < 4.78 is 85.7. The molecule has 2 atom stereocenters. The molecule has 52 heavy (non-hydrogen) atoms. The molecule has 3 saturated heterocycles. The molecular weight excluding hydrogens is 726 g/mol. The Morgan fingerprint density at radius 2 is 1.79 bits per heavy atom. The standard InChI is InChI=1S/C37H34Cl2F3N3O7/c1-49-33-16-24(9-10-31(33)51-36(41)42)32(17-26-27(38)19-44(48)20-28(26)39)50-35(46)25-6-4-5-22(15-25)18-45(30-8-3-2-7-29(30)40)37(47)52-34-21-43-13-11-23(34)12-14-43/h2-10,15-16,19-20,23,32,34,36H,11-14,17-18,21H2,1H3/t32-,34-/m0/s1/i1D3. The van der Waals surface area contributed by atoms with Crippen LogP contribution in [-0.2, 0) is 22.4 Å². The van der Waals surface area contributed by atoms with Gasteiger partial charge in [-0.2, -0.15) is 13.5 Å². The van der Waals surface area contributed by atoms with E-state index < -0.39 is 49.1 Å². The molecule has 10 nitrogen and oxygen atoms in total. The Kier molecular flexibility index (Phi) is 10.4. The number of nitrogens with zero attached hydrogens (tertiary/aromatic N) is 3. The molecule has 0 spiro atoms. The van der Waals surface area contributed by atoms with E-state index in [2.05, 4.69) is 9.64 Å². The van der Waals surface area contributed by atoms with Crippen LogP contribution in [0.2, 0.25) is 10.0 Å². The number of anilines is 1. The summed E-state index contributed by atoms with van der Waals surface area (Å²) in [6.07, 6.45) is 1.15. The molecule has 0 saturated carbocycles. The van der Waals surface area contributed by atoms with Gasteiger partial charge in [-0.3, -0.25) is 9.80 Å². The Labute approximate surface area is 311 Å². The number of benzene rings is 3. The number of alkyl halides is 2. The molecule has 3 aliphatic heterocycles. The van der Waals surface area contributed by atoms with Crippen molar-refractivity contribution < 1.29 is 50.6 Å². The normalized spacial score (nSPS) is 19.6. The second kappa shape index (κ2) is 16.3. The molecule has 2 bridgehead atoms. The topological polar surface area (TPSA) is 104 Å². The minimum atomic E-state index is -3.32. The number of piperidine rings is 3. The van der Waals surface area contributed by atoms with Crippen LogP contribution in [0.5, 0.6) is 11.5 Å². The van der Waals surface area contributed by atoms with Gasteiger partial charge in [-0.15, -0.1) is 0 Å². The summed E-state index contributed by atoms with van der Waals surface area (Å²) in [5.74, 6) is -2.55. The maximum atomic E-state index is 15.2. The van der Waals surface area contributed by atoms with Gasteiger partial charge in [-0.1, -0.05) is 53.5 Å². The third kappa shape index (κ3) is 8.66. The van der Waals surface area contributed by atoms with Crippen LogP contribution in [0.25, 0.3) is 0 Å². The molecule has 4 heterocycles. The molecule has 0 unspecified atom stereocenters. The summed E-state index contributed by atoms with van der Waals surface area (Å²) >= 11 is 12.7. The first-order valence-electron chi connectivity index (χ1n) is 17.7. The summed E-state index contributed by atoms with van der Waals surface area (Å²) in [6.45, 7) is -1.05. The highest BCUT2D eigenvalue weighted by Crippen LogP contribution is 2.37. The average Bonchev–Trinajstić information content (AvgIpc) is 3.12. The number of rotatable bonds is 12. The van der Waals surface area contributed by atoms with Crippen LogP contribution >= 0.6 is 23.2 Å². The number of amides is 1. The quantitative estimate of drug-likeness (QED) is 0.0820. The van der Waals surface area contributed by atoms with E-state index in [1.165, 1.54) is 42.5 Å². The first-order valence-corrected chi connectivity index (χ1v) is 17.0. The number of esters is 1. The lowest BCUT2D eigenvalue weighted by Gasteiger charge is -2.44. The van der Waals surface area contributed by atoms with Gasteiger partial charge in [0.05, 0.1) is 28.9 Å². The van der Waals surface area contributed by atoms with Crippen LogP contribution < -0.4 is 19.1 Å². The second-order valence-corrected chi connectivity index (χ2v) is 13.2. The van der Waals surface area contributed by atoms with E-state index in [4.69, 9.17) is 41.5 Å². The number of methoxy groups -OCH3 is 1. The lowest BCUT2D eigenvalue weighted by molar-refractivity contribution is -0.605. The fourth-order valence-electron chi connectivity index (χ4n) is 6.47. The summed E-state index contributed by atoms with van der Waals surface area (Å²) in [4.78, 5) is 30.9. The first-order chi connectivity index (χ1) is 26.1. The monoisotopic (exact) mass is 762 g/mol. The number of pyridine rings is 1. The predicted molar refractivity (Wildman–Crippen MR) is 185 cm³/mol. The molecule has 3 aliphatic rings. The van der Waals surface area contributed by atoms with Gasteiger partial charge in [0.15, 0.2) is 23.9 Å². The van der Waals surface area contributed by atoms with Crippen LogP contribution in [0.3, 0.4) is 0 Å². The molecular formula is C37H34Cl2F3N3O7. The summed E-state index contributed by atoms with van der Waals surface area (Å²) in [5, 5.41) is 11.8. The number of para-hydroxylation sites is 1. The van der Waals surface area contributed by atoms with Crippen molar-refractivity contribution in [3.63, 3.8) is 0 Å². The van der Waals surface area contributed by atoms with Gasteiger partial charge < -0.3 is 24.2 Å². The van der Waals surface area contributed by atoms with Gasteiger partial charge in [0.2, 0.25) is 0 Å². The zero-order chi connectivity index (χ0) is 39.4. The van der Waals surface area contributed by atoms with Gasteiger partial charge in [0, 0.05) is 18.5 Å². The third-order valence-corrected chi connectivity index (χ3v) is 9.73. The number of aromatic nitrogens is 1. The number of hydrogen-bond acceptors (Lipinski definition) is 8. The highest BCUT2D eigenvalue weighted by molar-refractivity contribution is 6.35. The molecule has 1 aromatic heterocycles. The number of carbonyl (C=O) groups excluding carboxylic acids is 2. The van der Waals surface area contributed by atoms with E-state index in [-0.39, 0.29) is 57.4 Å². The lowest BCUT2D eigenvalue weighted by Crippen LogP contribution is -2.53. The largest absolute Gasteiger partial charge is 0.619 e. The van der Waals surface area contributed by atoms with Crippen LogP contribution in [0.15, 0.2) is 79.1 Å². The molecule has 3 aromatic carbocycles. The van der Waals surface area contributed by atoms with E-state index in [0.717, 1.165) is 55.4 Å². The molecule has 7 rings (SSSR count). The summed E-state index contributed by atoms with van der Waals surface area (Å²) in [7, 11) is -3.07. The Bertz CT molecular complexity index is 2020. The fraction of sp³-hybridized carbons (Fsp3) is 0.324. The van der Waals surface area contributed by atoms with E-state index in [1.807, 2.05) is 0 Å². The number of halogens is 5. The zero-order valence-electron chi connectivity index (χ0n) is 30.4. The van der Waals surface area contributed by atoms with Gasteiger partial charge in [0.1, 0.15) is 28.1 Å². The molecule has 0 radical (unpaired) electrons. The smallest absolute Gasteiger partial charge is 0.415 e. The Morgan fingerprint density at radius 3 is 2.46 bits per heavy atom. The van der Waals surface area contributed by atoms with Crippen LogP contribution in [0, 0.1) is 16.9 Å². The average molecular weight is 764 g/mol. The minimum absolute atomic E-state index is 0.000940. The van der Waals surface area contributed by atoms with Crippen LogP contribution in [0.1, 0.15) is 50.1 Å². The molecule has 15 heteroatoms. The van der Waals surface area contributed by atoms with E-state index >= 15 is 4.39 Å². The minimum Gasteiger partial charge on any atom is -0.619 e. The van der Waals surface area contributed by atoms with Crippen molar-refractivity contribution in [2.24, 2.45) is 5.92 Å². The van der Waals surface area contributed by atoms with Crippen LogP contribution in [0.4, 0.5) is 23.7 Å². The van der Waals surface area contributed by atoms with Crippen molar-refractivity contribution in [2.45, 2.75) is 44.6 Å². The van der Waals surface area contributed by atoms with Gasteiger partial charge in [0.25, 0.3) is 0 Å². The van der Waals surface area contributed by atoms with Gasteiger partial charge >= 0.3 is 18.7 Å². The summed E-state index contributed by atoms with van der Waals surface area (Å²) in [6, 6.07) is 15.1. The van der Waals surface area contributed by atoms with E-state index in [9.17, 15) is 23.6 Å². The molecule has 1 amide bonds. The molecule has 3 fully saturated rings.